The standard InChI is InChI=1S/C8H13F2NO2/c1-8(9,10)6-3-2-5(4-11-6)7(12)13/h5-6,11H,2-4H2,1H3,(H,12,13)/t5-,6-/m1/s1. The molecule has 0 saturated carbocycles. The average molecular weight is 193 g/mol. The van der Waals surface area contributed by atoms with Crippen molar-refractivity contribution in [2.45, 2.75) is 31.7 Å². The van der Waals surface area contributed by atoms with Gasteiger partial charge in [-0.2, -0.15) is 0 Å². The largest absolute Gasteiger partial charge is 0.481 e. The molecule has 0 aromatic rings. The van der Waals surface area contributed by atoms with Gasteiger partial charge in [-0.1, -0.05) is 0 Å². The van der Waals surface area contributed by atoms with Crippen molar-refractivity contribution in [2.24, 2.45) is 5.92 Å². The second kappa shape index (κ2) is 3.57. The van der Waals surface area contributed by atoms with E-state index in [1.807, 2.05) is 0 Å². The van der Waals surface area contributed by atoms with Gasteiger partial charge in [0, 0.05) is 13.5 Å². The van der Waals surface area contributed by atoms with Gasteiger partial charge in [0.1, 0.15) is 0 Å². The van der Waals surface area contributed by atoms with E-state index in [1.54, 1.807) is 0 Å². The van der Waals surface area contributed by atoms with E-state index >= 15 is 0 Å². The minimum Gasteiger partial charge on any atom is -0.481 e. The van der Waals surface area contributed by atoms with E-state index in [9.17, 15) is 13.6 Å². The first-order chi connectivity index (χ1) is 5.91. The molecule has 0 aliphatic carbocycles. The summed E-state index contributed by atoms with van der Waals surface area (Å²) < 4.78 is 25.5. The normalized spacial score (nSPS) is 30.1. The number of hydrogen-bond acceptors (Lipinski definition) is 2. The van der Waals surface area contributed by atoms with Crippen LogP contribution < -0.4 is 5.32 Å². The average Bonchev–Trinajstić information content (AvgIpc) is 2.03. The second-order valence-corrected chi connectivity index (χ2v) is 3.53. The van der Waals surface area contributed by atoms with Crippen molar-refractivity contribution >= 4 is 5.97 Å². The number of nitrogens with one attached hydrogen (secondary N) is 1. The summed E-state index contributed by atoms with van der Waals surface area (Å²) >= 11 is 0. The van der Waals surface area contributed by atoms with Gasteiger partial charge in [0.25, 0.3) is 5.92 Å². The van der Waals surface area contributed by atoms with Crippen molar-refractivity contribution < 1.29 is 18.7 Å². The van der Waals surface area contributed by atoms with Crippen molar-refractivity contribution in [1.82, 2.24) is 5.32 Å². The van der Waals surface area contributed by atoms with Gasteiger partial charge in [-0.05, 0) is 12.8 Å². The molecule has 1 rings (SSSR count). The zero-order valence-corrected chi connectivity index (χ0v) is 7.39. The lowest BCUT2D eigenvalue weighted by Gasteiger charge is -2.31. The number of carboxylic acid groups (broad SMARTS) is 1. The van der Waals surface area contributed by atoms with Crippen LogP contribution in [-0.2, 0) is 4.79 Å². The maximum absolute atomic E-state index is 12.7. The van der Waals surface area contributed by atoms with Crippen LogP contribution in [0.25, 0.3) is 0 Å². The summed E-state index contributed by atoms with van der Waals surface area (Å²) in [6.45, 7) is 0.995. The van der Waals surface area contributed by atoms with Gasteiger partial charge in [-0.3, -0.25) is 4.79 Å². The Labute approximate surface area is 75.1 Å². The summed E-state index contributed by atoms with van der Waals surface area (Å²) in [5, 5.41) is 11.2. The Morgan fingerprint density at radius 1 is 1.54 bits per heavy atom. The molecule has 0 unspecified atom stereocenters. The molecule has 2 atom stereocenters. The Hall–Kier alpha value is -0.710. The molecule has 0 radical (unpaired) electrons. The van der Waals surface area contributed by atoms with Crippen LogP contribution in [0, 0.1) is 5.92 Å². The fourth-order valence-electron chi connectivity index (χ4n) is 1.50. The highest BCUT2D eigenvalue weighted by molar-refractivity contribution is 5.70. The Bertz CT molecular complexity index is 195. The van der Waals surface area contributed by atoms with Crippen molar-refractivity contribution in [3.8, 4) is 0 Å². The van der Waals surface area contributed by atoms with Crippen LogP contribution in [0.5, 0.6) is 0 Å². The predicted molar refractivity (Wildman–Crippen MR) is 42.8 cm³/mol. The molecular formula is C8H13F2NO2. The first-order valence-electron chi connectivity index (χ1n) is 4.25. The Kier molecular flexibility index (Phi) is 2.85. The molecule has 2 N–H and O–H groups in total. The molecule has 0 spiro atoms. The zero-order valence-electron chi connectivity index (χ0n) is 7.39. The summed E-state index contributed by atoms with van der Waals surface area (Å²) in [4.78, 5) is 10.5. The fourth-order valence-corrected chi connectivity index (χ4v) is 1.50. The Balaban J connectivity index is 2.44. The van der Waals surface area contributed by atoms with E-state index in [1.165, 1.54) is 0 Å². The van der Waals surface area contributed by atoms with Gasteiger partial charge < -0.3 is 10.4 Å². The first-order valence-corrected chi connectivity index (χ1v) is 4.25. The van der Waals surface area contributed by atoms with Gasteiger partial charge in [0.15, 0.2) is 0 Å². The van der Waals surface area contributed by atoms with Gasteiger partial charge in [-0.25, -0.2) is 8.78 Å². The van der Waals surface area contributed by atoms with E-state index in [-0.39, 0.29) is 13.0 Å². The number of piperidine rings is 1. The highest BCUT2D eigenvalue weighted by Crippen LogP contribution is 2.26. The number of alkyl halides is 2. The van der Waals surface area contributed by atoms with Gasteiger partial charge in [0.2, 0.25) is 0 Å². The number of rotatable bonds is 2. The van der Waals surface area contributed by atoms with Gasteiger partial charge >= 0.3 is 5.97 Å². The lowest BCUT2D eigenvalue weighted by Crippen LogP contribution is -2.49. The minimum atomic E-state index is -2.76. The van der Waals surface area contributed by atoms with Gasteiger partial charge in [-0.15, -0.1) is 0 Å². The van der Waals surface area contributed by atoms with Crippen LogP contribution in [0.1, 0.15) is 19.8 Å². The van der Waals surface area contributed by atoms with Gasteiger partial charge in [0.05, 0.1) is 12.0 Å². The van der Waals surface area contributed by atoms with Crippen molar-refractivity contribution in [3.63, 3.8) is 0 Å². The third-order valence-corrected chi connectivity index (χ3v) is 2.38. The highest BCUT2D eigenvalue weighted by atomic mass is 19.3. The monoisotopic (exact) mass is 193 g/mol. The summed E-state index contributed by atoms with van der Waals surface area (Å²) in [6.07, 6.45) is 0.552. The highest BCUT2D eigenvalue weighted by Gasteiger charge is 2.38. The Morgan fingerprint density at radius 3 is 2.46 bits per heavy atom. The molecule has 3 nitrogen and oxygen atoms in total. The number of carboxylic acids is 1. The summed E-state index contributed by atoms with van der Waals surface area (Å²) in [5.74, 6) is -4.19. The molecular weight excluding hydrogens is 180 g/mol. The van der Waals surface area contributed by atoms with E-state index in [0.29, 0.717) is 6.42 Å². The van der Waals surface area contributed by atoms with Crippen molar-refractivity contribution in [2.75, 3.05) is 6.54 Å². The molecule has 1 fully saturated rings. The lowest BCUT2D eigenvalue weighted by molar-refractivity contribution is -0.143. The van der Waals surface area contributed by atoms with Crippen LogP contribution >= 0.6 is 0 Å². The summed E-state index contributed by atoms with van der Waals surface area (Å²) in [5.41, 5.74) is 0. The number of hydrogen-bond donors (Lipinski definition) is 2. The SMILES string of the molecule is CC(F)(F)[C@H]1CC[C@@H](C(=O)O)CN1. The van der Waals surface area contributed by atoms with Crippen LogP contribution in [0.3, 0.4) is 0 Å². The van der Waals surface area contributed by atoms with Crippen LogP contribution in [0.15, 0.2) is 0 Å². The van der Waals surface area contributed by atoms with Crippen LogP contribution in [0.4, 0.5) is 8.78 Å². The molecule has 1 heterocycles. The molecule has 1 aliphatic heterocycles. The number of carbonyl (C=O) groups is 1. The number of halogens is 2. The predicted octanol–water partition coefficient (Wildman–Crippen LogP) is 1.09. The lowest BCUT2D eigenvalue weighted by atomic mass is 9.92. The molecule has 13 heavy (non-hydrogen) atoms. The van der Waals surface area contributed by atoms with Crippen molar-refractivity contribution in [3.05, 3.63) is 0 Å². The molecule has 0 amide bonds. The third-order valence-electron chi connectivity index (χ3n) is 2.38. The molecule has 1 saturated heterocycles. The topological polar surface area (TPSA) is 49.3 Å². The first kappa shape index (κ1) is 10.4. The molecule has 0 bridgehead atoms. The smallest absolute Gasteiger partial charge is 0.307 e. The molecule has 76 valence electrons. The maximum Gasteiger partial charge on any atom is 0.307 e. The van der Waals surface area contributed by atoms with E-state index in [0.717, 1.165) is 6.92 Å². The summed E-state index contributed by atoms with van der Waals surface area (Å²) in [6, 6.07) is -0.872. The summed E-state index contributed by atoms with van der Waals surface area (Å²) in [7, 11) is 0. The number of aliphatic carboxylic acids is 1. The van der Waals surface area contributed by atoms with E-state index < -0.39 is 23.9 Å². The van der Waals surface area contributed by atoms with Crippen LogP contribution in [-0.4, -0.2) is 29.6 Å². The molecule has 1 aliphatic rings. The fraction of sp³-hybridized carbons (Fsp3) is 0.875. The second-order valence-electron chi connectivity index (χ2n) is 3.53. The van der Waals surface area contributed by atoms with E-state index in [4.69, 9.17) is 5.11 Å². The maximum atomic E-state index is 12.7. The van der Waals surface area contributed by atoms with Crippen LogP contribution in [0.2, 0.25) is 0 Å². The van der Waals surface area contributed by atoms with Crippen molar-refractivity contribution in [1.29, 1.82) is 0 Å². The molecule has 5 heteroatoms. The Morgan fingerprint density at radius 2 is 2.15 bits per heavy atom. The third kappa shape index (κ3) is 2.62. The quantitative estimate of drug-likeness (QED) is 0.690. The molecule has 0 aromatic carbocycles. The van der Waals surface area contributed by atoms with E-state index in [2.05, 4.69) is 5.32 Å². The zero-order chi connectivity index (χ0) is 10.1. The minimum absolute atomic E-state index is 0.142. The molecule has 0 aromatic heterocycles.